The van der Waals surface area contributed by atoms with Crippen molar-refractivity contribution >= 4 is 7.60 Å². The monoisotopic (exact) mass is 342 g/mol. The molecule has 0 radical (unpaired) electrons. The Morgan fingerprint density at radius 2 is 1.91 bits per heavy atom. The van der Waals surface area contributed by atoms with Crippen LogP contribution in [0.1, 0.15) is 60.8 Å². The largest absolute Gasteiger partial charge is 0.353 e. The van der Waals surface area contributed by atoms with Gasteiger partial charge in [-0.25, -0.2) is 0 Å². The summed E-state index contributed by atoms with van der Waals surface area (Å²) in [7, 11) is -3.09. The lowest BCUT2D eigenvalue weighted by molar-refractivity contribution is 0.229. The first-order chi connectivity index (χ1) is 10.7. The van der Waals surface area contributed by atoms with Crippen molar-refractivity contribution < 1.29 is 13.6 Å². The Bertz CT molecular complexity index is 505. The maximum absolute atomic E-state index is 12.4. The van der Waals surface area contributed by atoms with E-state index in [1.807, 2.05) is 19.9 Å². The van der Waals surface area contributed by atoms with E-state index in [1.165, 1.54) is 30.4 Å². The summed E-state index contributed by atoms with van der Waals surface area (Å²) in [4.78, 5) is 0. The summed E-state index contributed by atoms with van der Waals surface area (Å²) in [5, 5.41) is 0. The Hall–Kier alpha value is -0.630. The topological polar surface area (TPSA) is 35.5 Å². The fraction of sp³-hybridized carbons (Fsp3) is 0.684. The van der Waals surface area contributed by atoms with Crippen LogP contribution >= 0.6 is 7.60 Å². The van der Waals surface area contributed by atoms with E-state index in [-0.39, 0.29) is 11.3 Å². The molecule has 4 heteroatoms. The lowest BCUT2D eigenvalue weighted by atomic mass is 9.77. The predicted octanol–water partition coefficient (Wildman–Crippen LogP) is 6.49. The molecule has 0 heterocycles. The molecule has 1 rings (SSSR count). The first kappa shape index (κ1) is 20.4. The average Bonchev–Trinajstić information content (AvgIpc) is 2.44. The van der Waals surface area contributed by atoms with Crippen LogP contribution in [0.5, 0.6) is 0 Å². The summed E-state index contributed by atoms with van der Waals surface area (Å²) < 4.78 is 23.0. The molecule has 0 saturated carbocycles. The van der Waals surface area contributed by atoms with Gasteiger partial charge in [0.1, 0.15) is 0 Å². The predicted molar refractivity (Wildman–Crippen MR) is 98.6 cm³/mol. The van der Waals surface area contributed by atoms with Gasteiger partial charge in [0.05, 0.1) is 13.2 Å². The Morgan fingerprint density at radius 3 is 2.43 bits per heavy atom. The molecule has 0 fully saturated rings. The van der Waals surface area contributed by atoms with Crippen molar-refractivity contribution in [3.8, 4) is 0 Å². The van der Waals surface area contributed by atoms with E-state index >= 15 is 0 Å². The van der Waals surface area contributed by atoms with E-state index in [1.54, 1.807) is 5.82 Å². The van der Waals surface area contributed by atoms with Gasteiger partial charge in [0.2, 0.25) is 0 Å². The molecule has 132 valence electrons. The van der Waals surface area contributed by atoms with Crippen LogP contribution in [0.3, 0.4) is 0 Å². The standard InChI is InChI=1S/C19H33O3P/c1-7-21-23(20,22-8-2)15-13-16(3)11-12-18-17(4)10-9-14-19(18,5)6/h11-13,15-16H,7-10,14H2,1-6H3/b12-11+,15-13+/i12+2. The van der Waals surface area contributed by atoms with Crippen LogP contribution in [0.2, 0.25) is 0 Å². The molecular weight excluding hydrogens is 309 g/mol. The summed E-state index contributed by atoms with van der Waals surface area (Å²) in [5.41, 5.74) is 3.18. The molecule has 0 spiro atoms. The zero-order valence-electron chi connectivity index (χ0n) is 15.6. The molecule has 3 nitrogen and oxygen atoms in total. The minimum atomic E-state index is -3.09. The van der Waals surface area contributed by atoms with E-state index in [2.05, 4.69) is 39.8 Å². The van der Waals surface area contributed by atoms with Crippen LogP contribution in [-0.4, -0.2) is 13.2 Å². The molecule has 23 heavy (non-hydrogen) atoms. The minimum absolute atomic E-state index is 0.183. The molecule has 0 aromatic heterocycles. The SMILES string of the molecule is CCOP(=O)(/C=C/C(C)/C=[14CH]/C1=C(C)CCCC1(C)C)OCC. The van der Waals surface area contributed by atoms with Crippen molar-refractivity contribution in [2.75, 3.05) is 13.2 Å². The fourth-order valence-electron chi connectivity index (χ4n) is 3.05. The van der Waals surface area contributed by atoms with Gasteiger partial charge >= 0.3 is 7.60 Å². The zero-order valence-corrected chi connectivity index (χ0v) is 16.5. The highest BCUT2D eigenvalue weighted by molar-refractivity contribution is 7.57. The third-order valence-corrected chi connectivity index (χ3v) is 6.07. The van der Waals surface area contributed by atoms with Gasteiger partial charge in [-0.1, -0.05) is 44.6 Å². The summed E-state index contributed by atoms with van der Waals surface area (Å²) in [6, 6.07) is 0. The van der Waals surface area contributed by atoms with Gasteiger partial charge in [0.25, 0.3) is 0 Å². The second kappa shape index (κ2) is 9.01. The third-order valence-electron chi connectivity index (χ3n) is 4.30. The van der Waals surface area contributed by atoms with Crippen molar-refractivity contribution in [2.45, 2.75) is 60.8 Å². The molecule has 0 aliphatic heterocycles. The number of hydrogen-bond acceptors (Lipinski definition) is 3. The van der Waals surface area contributed by atoms with Crippen LogP contribution in [0.4, 0.5) is 0 Å². The Labute approximate surface area is 142 Å². The molecule has 0 N–H and O–H groups in total. The van der Waals surface area contributed by atoms with Crippen molar-refractivity contribution in [1.29, 1.82) is 0 Å². The Kier molecular flexibility index (Phi) is 8.00. The van der Waals surface area contributed by atoms with Gasteiger partial charge in [-0.3, -0.25) is 4.57 Å². The smallest absolute Gasteiger partial charge is 0.306 e. The van der Waals surface area contributed by atoms with Gasteiger partial charge in [-0.05, 0) is 56.9 Å². The summed E-state index contributed by atoms with van der Waals surface area (Å²) in [6.07, 6.45) is 10.0. The normalized spacial score (nSPS) is 20.6. The highest BCUT2D eigenvalue weighted by Gasteiger charge is 2.26. The van der Waals surface area contributed by atoms with Gasteiger partial charge in [-0.15, -0.1) is 0 Å². The molecule has 0 aromatic rings. The fourth-order valence-corrected chi connectivity index (χ4v) is 4.50. The Morgan fingerprint density at radius 1 is 1.30 bits per heavy atom. The average molecular weight is 342 g/mol. The van der Waals surface area contributed by atoms with Crippen molar-refractivity contribution in [3.05, 3.63) is 35.2 Å². The van der Waals surface area contributed by atoms with E-state index in [0.717, 1.165) is 0 Å². The van der Waals surface area contributed by atoms with E-state index in [9.17, 15) is 4.57 Å². The Balaban J connectivity index is 2.80. The second-order valence-electron chi connectivity index (χ2n) is 6.87. The van der Waals surface area contributed by atoms with Crippen molar-refractivity contribution in [2.24, 2.45) is 11.3 Å². The first-order valence-electron chi connectivity index (χ1n) is 8.70. The zero-order chi connectivity index (χ0) is 17.5. The molecule has 1 unspecified atom stereocenters. The maximum atomic E-state index is 12.4. The molecular formula is C19H33O3P. The minimum Gasteiger partial charge on any atom is -0.306 e. The van der Waals surface area contributed by atoms with Gasteiger partial charge in [-0.2, -0.15) is 0 Å². The van der Waals surface area contributed by atoms with E-state index in [4.69, 9.17) is 9.05 Å². The van der Waals surface area contributed by atoms with Crippen LogP contribution < -0.4 is 0 Å². The third kappa shape index (κ3) is 6.41. The maximum Gasteiger partial charge on any atom is 0.353 e. The molecule has 0 bridgehead atoms. The summed E-state index contributed by atoms with van der Waals surface area (Å²) >= 11 is 0. The molecule has 1 aliphatic rings. The lowest BCUT2D eigenvalue weighted by Gasteiger charge is -2.33. The summed E-state index contributed by atoms with van der Waals surface area (Å²) in [5.74, 6) is 1.78. The number of rotatable bonds is 8. The molecule has 0 aromatic carbocycles. The van der Waals surface area contributed by atoms with Crippen LogP contribution in [0, 0.1) is 11.3 Å². The van der Waals surface area contributed by atoms with Crippen LogP contribution in [0.25, 0.3) is 0 Å². The van der Waals surface area contributed by atoms with Crippen LogP contribution in [0.15, 0.2) is 35.2 Å². The molecule has 0 amide bonds. The molecule has 1 aliphatic carbocycles. The van der Waals surface area contributed by atoms with Crippen molar-refractivity contribution in [1.82, 2.24) is 0 Å². The van der Waals surface area contributed by atoms with Crippen molar-refractivity contribution in [3.63, 3.8) is 0 Å². The van der Waals surface area contributed by atoms with E-state index in [0.29, 0.717) is 13.2 Å². The van der Waals surface area contributed by atoms with Gasteiger partial charge < -0.3 is 9.05 Å². The molecule has 0 saturated heterocycles. The molecule has 1 atom stereocenters. The lowest BCUT2D eigenvalue weighted by Crippen LogP contribution is -2.19. The second-order valence-corrected chi connectivity index (χ2v) is 8.76. The first-order valence-corrected chi connectivity index (χ1v) is 10.3. The van der Waals surface area contributed by atoms with Crippen LogP contribution in [-0.2, 0) is 13.6 Å². The number of hydrogen-bond donors (Lipinski definition) is 0. The summed E-state index contributed by atoms with van der Waals surface area (Å²) in [6.45, 7) is 13.4. The number of allylic oxidation sites excluding steroid dienone is 5. The van der Waals surface area contributed by atoms with Gasteiger partial charge in [0.15, 0.2) is 0 Å². The highest BCUT2D eigenvalue weighted by Crippen LogP contribution is 2.49. The highest BCUT2D eigenvalue weighted by atomic mass is 31.2. The van der Waals surface area contributed by atoms with Gasteiger partial charge in [0, 0.05) is 5.82 Å². The van der Waals surface area contributed by atoms with E-state index < -0.39 is 7.60 Å². The quantitative estimate of drug-likeness (QED) is 0.473.